The molecule has 0 saturated carbocycles. The van der Waals surface area contributed by atoms with E-state index in [1.54, 1.807) is 0 Å². The predicted molar refractivity (Wildman–Crippen MR) is 50.9 cm³/mol. The average Bonchev–Trinajstić information content (AvgIpc) is 2.72. The van der Waals surface area contributed by atoms with Crippen molar-refractivity contribution < 1.29 is 14.3 Å². The monoisotopic (exact) mass is 197 g/mol. The van der Waals surface area contributed by atoms with Gasteiger partial charge in [-0.15, -0.1) is 0 Å². The number of aryl methyl sites for hydroxylation is 1. The minimum absolute atomic E-state index is 0.0282. The smallest absolute Gasteiger partial charge is 0.117 e. The number of aliphatic hydroxyl groups excluding tert-OH is 1. The highest BCUT2D eigenvalue weighted by Crippen LogP contribution is 2.09. The van der Waals surface area contributed by atoms with Gasteiger partial charge >= 0.3 is 0 Å². The van der Waals surface area contributed by atoms with Crippen molar-refractivity contribution in [1.29, 1.82) is 0 Å². The van der Waals surface area contributed by atoms with Gasteiger partial charge in [0.2, 0.25) is 0 Å². The van der Waals surface area contributed by atoms with E-state index in [0.717, 1.165) is 11.5 Å². The second kappa shape index (κ2) is 4.13. The molecule has 0 amide bonds. The number of furan rings is 1. The van der Waals surface area contributed by atoms with Gasteiger partial charge in [0, 0.05) is 0 Å². The maximum atomic E-state index is 9.45. The summed E-state index contributed by atoms with van der Waals surface area (Å²) < 4.78 is 10.5. The number of nitrogens with one attached hydrogen (secondary N) is 1. The van der Waals surface area contributed by atoms with E-state index in [9.17, 15) is 5.11 Å². The van der Waals surface area contributed by atoms with Crippen LogP contribution in [0.4, 0.5) is 0 Å². The number of hydrogen-bond donors (Lipinski definition) is 2. The van der Waals surface area contributed by atoms with Crippen LogP contribution in [-0.4, -0.2) is 30.5 Å². The van der Waals surface area contributed by atoms with Crippen LogP contribution in [0.15, 0.2) is 16.5 Å². The SMILES string of the molecule is Cc1ccc(CNC2COCC2O)o1. The first-order chi connectivity index (χ1) is 6.75. The van der Waals surface area contributed by atoms with Crippen LogP contribution in [0.1, 0.15) is 11.5 Å². The topological polar surface area (TPSA) is 54.6 Å². The molecule has 2 rings (SSSR count). The zero-order valence-corrected chi connectivity index (χ0v) is 8.19. The Morgan fingerprint density at radius 1 is 1.50 bits per heavy atom. The first kappa shape index (κ1) is 9.71. The van der Waals surface area contributed by atoms with E-state index in [4.69, 9.17) is 9.15 Å². The summed E-state index contributed by atoms with van der Waals surface area (Å²) in [6.45, 7) is 3.55. The molecular weight excluding hydrogens is 182 g/mol. The van der Waals surface area contributed by atoms with Crippen molar-refractivity contribution in [2.45, 2.75) is 25.6 Å². The molecule has 0 radical (unpaired) electrons. The highest BCUT2D eigenvalue weighted by atomic mass is 16.5. The Morgan fingerprint density at radius 2 is 2.36 bits per heavy atom. The number of aliphatic hydroxyl groups is 1. The van der Waals surface area contributed by atoms with Crippen molar-refractivity contribution in [1.82, 2.24) is 5.32 Å². The molecule has 4 nitrogen and oxygen atoms in total. The van der Waals surface area contributed by atoms with Gasteiger partial charge in [0.15, 0.2) is 0 Å². The number of hydrogen-bond acceptors (Lipinski definition) is 4. The summed E-state index contributed by atoms with van der Waals surface area (Å²) in [5.74, 6) is 1.80. The van der Waals surface area contributed by atoms with Crippen LogP contribution >= 0.6 is 0 Å². The Labute approximate surface area is 82.9 Å². The molecule has 1 aliphatic heterocycles. The second-order valence-corrected chi connectivity index (χ2v) is 3.60. The third kappa shape index (κ3) is 2.15. The molecule has 2 atom stereocenters. The normalized spacial score (nSPS) is 27.0. The van der Waals surface area contributed by atoms with Crippen molar-refractivity contribution in [2.24, 2.45) is 0 Å². The number of ether oxygens (including phenoxy) is 1. The number of rotatable bonds is 3. The van der Waals surface area contributed by atoms with Crippen molar-refractivity contribution in [3.8, 4) is 0 Å². The van der Waals surface area contributed by atoms with Gasteiger partial charge in [-0.25, -0.2) is 0 Å². The fraction of sp³-hybridized carbons (Fsp3) is 0.600. The van der Waals surface area contributed by atoms with Crippen molar-refractivity contribution in [3.63, 3.8) is 0 Å². The molecule has 0 aromatic carbocycles. The van der Waals surface area contributed by atoms with Crippen LogP contribution in [0.25, 0.3) is 0 Å². The summed E-state index contributed by atoms with van der Waals surface area (Å²) in [7, 11) is 0. The summed E-state index contributed by atoms with van der Waals surface area (Å²) in [6.07, 6.45) is -0.397. The van der Waals surface area contributed by atoms with E-state index < -0.39 is 6.10 Å². The first-order valence-electron chi connectivity index (χ1n) is 4.80. The molecule has 1 fully saturated rings. The Kier molecular flexibility index (Phi) is 2.86. The maximum Gasteiger partial charge on any atom is 0.117 e. The van der Waals surface area contributed by atoms with Gasteiger partial charge in [-0.05, 0) is 19.1 Å². The van der Waals surface area contributed by atoms with E-state index in [-0.39, 0.29) is 6.04 Å². The molecule has 0 bridgehead atoms. The van der Waals surface area contributed by atoms with E-state index in [1.165, 1.54) is 0 Å². The fourth-order valence-electron chi connectivity index (χ4n) is 1.55. The van der Waals surface area contributed by atoms with Gasteiger partial charge < -0.3 is 19.6 Å². The molecule has 0 spiro atoms. The minimum atomic E-state index is -0.397. The zero-order valence-electron chi connectivity index (χ0n) is 8.19. The predicted octanol–water partition coefficient (Wildman–Crippen LogP) is 0.437. The van der Waals surface area contributed by atoms with Crippen LogP contribution in [0.2, 0.25) is 0 Å². The van der Waals surface area contributed by atoms with Crippen molar-refractivity contribution in [2.75, 3.05) is 13.2 Å². The second-order valence-electron chi connectivity index (χ2n) is 3.60. The Morgan fingerprint density at radius 3 is 2.93 bits per heavy atom. The lowest BCUT2D eigenvalue weighted by Crippen LogP contribution is -2.38. The molecule has 1 aliphatic rings. The summed E-state index contributed by atoms with van der Waals surface area (Å²) in [6, 6.07) is 3.89. The Bertz CT molecular complexity index is 297. The largest absolute Gasteiger partial charge is 0.465 e. The van der Waals surface area contributed by atoms with Gasteiger partial charge in [-0.3, -0.25) is 0 Å². The summed E-state index contributed by atoms with van der Waals surface area (Å²) >= 11 is 0. The molecule has 1 saturated heterocycles. The standard InChI is InChI=1S/C10H15NO3/c1-7-2-3-8(14-7)4-11-9-5-13-6-10(9)12/h2-3,9-12H,4-6H2,1H3. The van der Waals surface area contributed by atoms with Crippen LogP contribution < -0.4 is 5.32 Å². The fourth-order valence-corrected chi connectivity index (χ4v) is 1.55. The van der Waals surface area contributed by atoms with E-state index in [1.807, 2.05) is 19.1 Å². The molecule has 2 unspecified atom stereocenters. The lowest BCUT2D eigenvalue weighted by atomic mass is 10.2. The first-order valence-corrected chi connectivity index (χ1v) is 4.80. The lowest BCUT2D eigenvalue weighted by Gasteiger charge is -2.12. The molecule has 14 heavy (non-hydrogen) atoms. The molecule has 1 aromatic heterocycles. The summed E-state index contributed by atoms with van der Waals surface area (Å²) in [4.78, 5) is 0. The van der Waals surface area contributed by atoms with Crippen LogP contribution in [0.5, 0.6) is 0 Å². The maximum absolute atomic E-state index is 9.45. The molecular formula is C10H15NO3. The van der Waals surface area contributed by atoms with E-state index in [2.05, 4.69) is 5.32 Å². The van der Waals surface area contributed by atoms with Crippen LogP contribution in [-0.2, 0) is 11.3 Å². The van der Waals surface area contributed by atoms with E-state index >= 15 is 0 Å². The highest BCUT2D eigenvalue weighted by molar-refractivity contribution is 5.05. The highest BCUT2D eigenvalue weighted by Gasteiger charge is 2.25. The quantitative estimate of drug-likeness (QED) is 0.738. The van der Waals surface area contributed by atoms with Gasteiger partial charge in [0.05, 0.1) is 31.9 Å². The average molecular weight is 197 g/mol. The van der Waals surface area contributed by atoms with Gasteiger partial charge in [-0.1, -0.05) is 0 Å². The minimum Gasteiger partial charge on any atom is -0.465 e. The van der Waals surface area contributed by atoms with Gasteiger partial charge in [0.1, 0.15) is 11.5 Å². The third-order valence-corrected chi connectivity index (χ3v) is 2.38. The molecule has 2 heterocycles. The molecule has 2 N–H and O–H groups in total. The summed E-state index contributed by atoms with van der Waals surface area (Å²) in [5.41, 5.74) is 0. The molecule has 4 heteroatoms. The van der Waals surface area contributed by atoms with Crippen LogP contribution in [0, 0.1) is 6.92 Å². The van der Waals surface area contributed by atoms with Crippen molar-refractivity contribution in [3.05, 3.63) is 23.7 Å². The van der Waals surface area contributed by atoms with E-state index in [0.29, 0.717) is 19.8 Å². The Balaban J connectivity index is 1.82. The molecule has 78 valence electrons. The van der Waals surface area contributed by atoms with Gasteiger partial charge in [0.25, 0.3) is 0 Å². The molecule has 0 aliphatic carbocycles. The zero-order chi connectivity index (χ0) is 9.97. The lowest BCUT2D eigenvalue weighted by molar-refractivity contribution is 0.122. The van der Waals surface area contributed by atoms with Crippen LogP contribution in [0.3, 0.4) is 0 Å². The van der Waals surface area contributed by atoms with Gasteiger partial charge in [-0.2, -0.15) is 0 Å². The Hall–Kier alpha value is -0.840. The molecule has 1 aromatic rings. The summed E-state index contributed by atoms with van der Waals surface area (Å²) in [5, 5.41) is 12.6. The third-order valence-electron chi connectivity index (χ3n) is 2.38. The van der Waals surface area contributed by atoms with Crippen molar-refractivity contribution >= 4 is 0 Å².